The van der Waals surface area contributed by atoms with Crippen LogP contribution in [-0.4, -0.2) is 16.9 Å². The van der Waals surface area contributed by atoms with Gasteiger partial charge in [0.25, 0.3) is 0 Å². The zero-order chi connectivity index (χ0) is 21.1. The Morgan fingerprint density at radius 1 is 1.00 bits per heavy atom. The van der Waals surface area contributed by atoms with E-state index in [2.05, 4.69) is 0 Å². The highest BCUT2D eigenvalue weighted by molar-refractivity contribution is 5.91. The first-order valence-electron chi connectivity index (χ1n) is 8.68. The van der Waals surface area contributed by atoms with Crippen molar-refractivity contribution < 1.29 is 23.0 Å². The van der Waals surface area contributed by atoms with Crippen LogP contribution in [0.25, 0.3) is 11.1 Å². The van der Waals surface area contributed by atoms with Gasteiger partial charge in [0.1, 0.15) is 0 Å². The topological polar surface area (TPSA) is 77.2 Å². The van der Waals surface area contributed by atoms with Crippen molar-refractivity contribution in [1.29, 1.82) is 10.8 Å². The maximum Gasteiger partial charge on any atom is 0.416 e. The largest absolute Gasteiger partial charge is 0.429 e. The second kappa shape index (κ2) is 8.14. The molecular formula is C21H23F3N2O2. The van der Waals surface area contributed by atoms with Crippen molar-refractivity contribution >= 4 is 11.8 Å². The molecule has 4 nitrogen and oxygen atoms in total. The van der Waals surface area contributed by atoms with Crippen LogP contribution in [0.15, 0.2) is 48.5 Å². The molecule has 3 N–H and O–H groups in total. The second-order valence-electron chi connectivity index (χ2n) is 7.52. The summed E-state index contributed by atoms with van der Waals surface area (Å²) in [6, 6.07) is 11.5. The number of benzene rings is 2. The summed E-state index contributed by atoms with van der Waals surface area (Å²) in [7, 11) is 0. The third-order valence-electron chi connectivity index (χ3n) is 4.10. The minimum absolute atomic E-state index is 0.0665. The lowest BCUT2D eigenvalue weighted by Crippen LogP contribution is -2.25. The van der Waals surface area contributed by atoms with E-state index in [0.717, 1.165) is 12.1 Å². The third-order valence-corrected chi connectivity index (χ3v) is 4.10. The maximum atomic E-state index is 12.7. The van der Waals surface area contributed by atoms with Gasteiger partial charge in [0.2, 0.25) is 0 Å². The number of hydrogen-bond acceptors (Lipinski definition) is 4. The number of aliphatic hydroxyl groups is 1. The van der Waals surface area contributed by atoms with Gasteiger partial charge in [-0.1, -0.05) is 51.1 Å². The summed E-state index contributed by atoms with van der Waals surface area (Å²) in [5.74, 6) is -0.296. The van der Waals surface area contributed by atoms with E-state index in [1.165, 1.54) is 12.1 Å². The van der Waals surface area contributed by atoms with Crippen molar-refractivity contribution in [2.75, 3.05) is 0 Å². The van der Waals surface area contributed by atoms with Crippen LogP contribution < -0.4 is 0 Å². The lowest BCUT2D eigenvalue weighted by atomic mass is 9.96. The van der Waals surface area contributed by atoms with E-state index in [4.69, 9.17) is 15.6 Å². The predicted octanol–water partition coefficient (Wildman–Crippen LogP) is 5.81. The Labute approximate surface area is 162 Å². The van der Waals surface area contributed by atoms with Gasteiger partial charge in [0, 0.05) is 5.41 Å². The first kappa shape index (κ1) is 21.6. The molecule has 2 aromatic rings. The molecule has 2 rings (SSSR count). The Morgan fingerprint density at radius 2 is 1.61 bits per heavy atom. The molecule has 150 valence electrons. The van der Waals surface area contributed by atoms with Crippen LogP contribution in [0.3, 0.4) is 0 Å². The quantitative estimate of drug-likeness (QED) is 0.453. The number of ether oxygens (including phenoxy) is 1. The standard InChI is InChI=1S/C21H23F3N2O2/c1-20(2,3)19(26)28-18(25)12-17(27)15-6-4-5-14(11-15)13-7-9-16(10-8-13)21(22,23)24/h4-11,17,25-27H,12H2,1-3H3. The fraction of sp³-hybridized carbons (Fsp3) is 0.333. The summed E-state index contributed by atoms with van der Waals surface area (Å²) in [6.45, 7) is 5.35. The Bertz CT molecular complexity index is 853. The van der Waals surface area contributed by atoms with Gasteiger partial charge in [-0.25, -0.2) is 0 Å². The van der Waals surface area contributed by atoms with Crippen LogP contribution in [0.5, 0.6) is 0 Å². The second-order valence-corrected chi connectivity index (χ2v) is 7.52. The first-order chi connectivity index (χ1) is 12.9. The Hall–Kier alpha value is -2.67. The minimum atomic E-state index is -4.39. The van der Waals surface area contributed by atoms with Crippen LogP contribution >= 0.6 is 0 Å². The van der Waals surface area contributed by atoms with Crippen molar-refractivity contribution in [3.63, 3.8) is 0 Å². The molecule has 0 aliphatic carbocycles. The summed E-state index contributed by atoms with van der Waals surface area (Å²) in [6.07, 6.45) is -5.54. The third kappa shape index (κ3) is 5.66. The molecule has 0 bridgehead atoms. The van der Waals surface area contributed by atoms with Gasteiger partial charge in [-0.2, -0.15) is 13.2 Å². The van der Waals surface area contributed by atoms with E-state index in [1.807, 2.05) is 0 Å². The Kier molecular flexibility index (Phi) is 6.29. The van der Waals surface area contributed by atoms with E-state index in [-0.39, 0.29) is 18.2 Å². The van der Waals surface area contributed by atoms with E-state index in [9.17, 15) is 18.3 Å². The average molecular weight is 392 g/mol. The molecule has 2 aromatic carbocycles. The molecule has 7 heteroatoms. The molecule has 0 aromatic heterocycles. The Balaban J connectivity index is 2.12. The fourth-order valence-electron chi connectivity index (χ4n) is 2.39. The highest BCUT2D eigenvalue weighted by Crippen LogP contribution is 2.31. The average Bonchev–Trinajstić information content (AvgIpc) is 2.60. The van der Waals surface area contributed by atoms with E-state index in [0.29, 0.717) is 16.7 Å². The molecule has 28 heavy (non-hydrogen) atoms. The van der Waals surface area contributed by atoms with Crippen LogP contribution in [-0.2, 0) is 10.9 Å². The molecule has 0 aliphatic heterocycles. The number of halogens is 3. The fourth-order valence-corrected chi connectivity index (χ4v) is 2.39. The van der Waals surface area contributed by atoms with E-state index in [1.54, 1.807) is 45.0 Å². The van der Waals surface area contributed by atoms with Gasteiger partial charge in [0.05, 0.1) is 18.1 Å². The van der Waals surface area contributed by atoms with Gasteiger partial charge in [-0.3, -0.25) is 10.8 Å². The van der Waals surface area contributed by atoms with Gasteiger partial charge in [-0.05, 0) is 34.9 Å². The van der Waals surface area contributed by atoms with E-state index < -0.39 is 23.3 Å². The van der Waals surface area contributed by atoms with Crippen LogP contribution in [0.4, 0.5) is 13.2 Å². The summed E-state index contributed by atoms with van der Waals surface area (Å²) < 4.78 is 43.3. The molecule has 1 atom stereocenters. The summed E-state index contributed by atoms with van der Waals surface area (Å²) in [5.41, 5.74) is 0.482. The van der Waals surface area contributed by atoms with Crippen LogP contribution in [0, 0.1) is 16.2 Å². The van der Waals surface area contributed by atoms with Crippen molar-refractivity contribution in [3.05, 3.63) is 59.7 Å². The first-order valence-corrected chi connectivity index (χ1v) is 8.68. The zero-order valence-corrected chi connectivity index (χ0v) is 15.9. The Morgan fingerprint density at radius 3 is 2.14 bits per heavy atom. The molecule has 0 heterocycles. The van der Waals surface area contributed by atoms with Gasteiger partial charge >= 0.3 is 6.18 Å². The number of hydrogen-bond donors (Lipinski definition) is 3. The summed E-state index contributed by atoms with van der Waals surface area (Å²) >= 11 is 0. The van der Waals surface area contributed by atoms with Gasteiger partial charge in [-0.15, -0.1) is 0 Å². The molecule has 0 spiro atoms. The lowest BCUT2D eigenvalue weighted by Gasteiger charge is -2.21. The molecule has 0 fully saturated rings. The summed E-state index contributed by atoms with van der Waals surface area (Å²) in [5, 5.41) is 26.0. The van der Waals surface area contributed by atoms with Crippen molar-refractivity contribution in [2.24, 2.45) is 5.41 Å². The zero-order valence-electron chi connectivity index (χ0n) is 15.9. The molecule has 0 aliphatic rings. The highest BCUT2D eigenvalue weighted by atomic mass is 19.4. The van der Waals surface area contributed by atoms with Crippen molar-refractivity contribution in [1.82, 2.24) is 0 Å². The molecule has 0 saturated carbocycles. The number of alkyl halides is 3. The normalized spacial score (nSPS) is 13.1. The van der Waals surface area contributed by atoms with Crippen molar-refractivity contribution in [3.8, 4) is 11.1 Å². The van der Waals surface area contributed by atoms with Gasteiger partial charge < -0.3 is 9.84 Å². The van der Waals surface area contributed by atoms with Crippen molar-refractivity contribution in [2.45, 2.75) is 39.5 Å². The maximum absolute atomic E-state index is 12.7. The number of rotatable bonds is 4. The van der Waals surface area contributed by atoms with Crippen LogP contribution in [0.1, 0.15) is 44.4 Å². The minimum Gasteiger partial charge on any atom is -0.429 e. The number of nitrogens with one attached hydrogen (secondary N) is 2. The number of aliphatic hydroxyl groups excluding tert-OH is 1. The molecule has 1 unspecified atom stereocenters. The molecule has 0 radical (unpaired) electrons. The van der Waals surface area contributed by atoms with E-state index >= 15 is 0 Å². The van der Waals surface area contributed by atoms with Gasteiger partial charge in [0.15, 0.2) is 11.8 Å². The predicted molar refractivity (Wildman–Crippen MR) is 102 cm³/mol. The monoisotopic (exact) mass is 392 g/mol. The molecule has 0 amide bonds. The smallest absolute Gasteiger partial charge is 0.416 e. The lowest BCUT2D eigenvalue weighted by molar-refractivity contribution is -0.137. The highest BCUT2D eigenvalue weighted by Gasteiger charge is 2.30. The van der Waals surface area contributed by atoms with Crippen LogP contribution in [0.2, 0.25) is 0 Å². The molecule has 0 saturated heterocycles. The molecular weight excluding hydrogens is 369 g/mol. The SMILES string of the molecule is CC(C)(C)C(=N)OC(=N)CC(O)c1cccc(-c2ccc(C(F)(F)F)cc2)c1. The summed E-state index contributed by atoms with van der Waals surface area (Å²) in [4.78, 5) is 0.